The minimum absolute atomic E-state index is 0.301. The highest BCUT2D eigenvalue weighted by molar-refractivity contribution is 6.47. The third-order valence-corrected chi connectivity index (χ3v) is 5.88. The zero-order valence-corrected chi connectivity index (χ0v) is 18.8. The number of nitrogens with zero attached hydrogens (tertiary/aromatic N) is 2. The lowest BCUT2D eigenvalue weighted by Crippen LogP contribution is -2.34. The van der Waals surface area contributed by atoms with Gasteiger partial charge in [-0.3, -0.25) is 9.59 Å². The van der Waals surface area contributed by atoms with Gasteiger partial charge in [-0.15, -0.1) is 0 Å². The molecule has 6 heteroatoms. The Kier molecular flexibility index (Phi) is 5.61. The first-order valence-electron chi connectivity index (χ1n) is 9.73. The van der Waals surface area contributed by atoms with Gasteiger partial charge in [-0.2, -0.15) is 0 Å². The van der Waals surface area contributed by atoms with Gasteiger partial charge in [0.2, 0.25) is 0 Å². The van der Waals surface area contributed by atoms with Gasteiger partial charge in [0.25, 0.3) is 11.8 Å². The van der Waals surface area contributed by atoms with Gasteiger partial charge in [-0.05, 0) is 60.9 Å². The summed E-state index contributed by atoms with van der Waals surface area (Å²) in [6.07, 6.45) is 0. The number of imide groups is 1. The van der Waals surface area contributed by atoms with E-state index in [2.05, 4.69) is 0 Å². The van der Waals surface area contributed by atoms with Crippen molar-refractivity contribution in [1.29, 1.82) is 0 Å². The molecule has 2 amide bonds. The summed E-state index contributed by atoms with van der Waals surface area (Å²) in [5, 5.41) is 0.696. The maximum absolute atomic E-state index is 13.6. The molecule has 1 heterocycles. The van der Waals surface area contributed by atoms with Crippen molar-refractivity contribution in [2.75, 3.05) is 16.8 Å². The predicted octanol–water partition coefficient (Wildman–Crippen LogP) is 6.03. The van der Waals surface area contributed by atoms with Crippen LogP contribution < -0.4 is 9.80 Å². The van der Waals surface area contributed by atoms with Crippen LogP contribution in [-0.2, 0) is 9.59 Å². The Balaban J connectivity index is 1.91. The van der Waals surface area contributed by atoms with Crippen LogP contribution in [0.3, 0.4) is 0 Å². The van der Waals surface area contributed by atoms with Gasteiger partial charge < -0.3 is 4.90 Å². The Labute approximate surface area is 191 Å². The van der Waals surface area contributed by atoms with Crippen molar-refractivity contribution in [2.24, 2.45) is 0 Å². The molecule has 0 bridgehead atoms. The van der Waals surface area contributed by atoms with Gasteiger partial charge in [0, 0.05) is 22.8 Å². The number of carbonyl (C=O) groups is 2. The summed E-state index contributed by atoms with van der Waals surface area (Å²) in [7, 11) is 1.78. The molecule has 0 aromatic heterocycles. The third kappa shape index (κ3) is 3.85. The summed E-state index contributed by atoms with van der Waals surface area (Å²) in [5.41, 5.74) is 4.62. The van der Waals surface area contributed by atoms with Crippen LogP contribution in [0.1, 0.15) is 16.7 Å². The lowest BCUT2D eigenvalue weighted by Gasteiger charge is -2.21. The highest BCUT2D eigenvalue weighted by Crippen LogP contribution is 2.38. The van der Waals surface area contributed by atoms with Gasteiger partial charge in [-0.1, -0.05) is 59.6 Å². The van der Waals surface area contributed by atoms with Crippen molar-refractivity contribution in [3.8, 4) is 0 Å². The van der Waals surface area contributed by atoms with Crippen LogP contribution in [-0.4, -0.2) is 18.9 Å². The van der Waals surface area contributed by atoms with Crippen molar-refractivity contribution in [3.05, 3.63) is 99.2 Å². The second-order valence-corrected chi connectivity index (χ2v) is 8.36. The van der Waals surface area contributed by atoms with E-state index >= 15 is 0 Å². The van der Waals surface area contributed by atoms with E-state index in [0.29, 0.717) is 32.6 Å². The normalized spacial score (nSPS) is 13.9. The molecule has 0 aliphatic carbocycles. The number of amides is 2. The van der Waals surface area contributed by atoms with Gasteiger partial charge in [0.05, 0.1) is 11.3 Å². The lowest BCUT2D eigenvalue weighted by molar-refractivity contribution is -0.120. The number of anilines is 2. The largest absolute Gasteiger partial charge is 0.339 e. The molecule has 0 radical (unpaired) electrons. The number of rotatable bonds is 4. The molecule has 1 aliphatic heterocycles. The molecule has 4 nitrogen and oxygen atoms in total. The highest BCUT2D eigenvalue weighted by Gasteiger charge is 2.42. The first kappa shape index (κ1) is 21.2. The zero-order chi connectivity index (χ0) is 22.3. The van der Waals surface area contributed by atoms with Crippen molar-refractivity contribution in [1.82, 2.24) is 0 Å². The molecule has 0 unspecified atom stereocenters. The molecule has 0 spiro atoms. The van der Waals surface area contributed by atoms with Crippen molar-refractivity contribution in [2.45, 2.75) is 13.8 Å². The first-order chi connectivity index (χ1) is 14.8. The molecule has 31 heavy (non-hydrogen) atoms. The molecule has 3 aromatic carbocycles. The number of para-hydroxylation sites is 1. The average molecular weight is 451 g/mol. The number of carbonyl (C=O) groups excluding carboxylic acids is 2. The second-order valence-electron chi connectivity index (χ2n) is 7.49. The Morgan fingerprint density at radius 3 is 2.03 bits per heavy atom. The Hall–Kier alpha value is -3.08. The number of likely N-dealkylation sites (N-methyl/N-ethyl adjacent to an activating group) is 1. The van der Waals surface area contributed by atoms with E-state index in [1.807, 2.05) is 62.4 Å². The molecule has 3 aromatic rings. The third-order valence-electron chi connectivity index (χ3n) is 5.44. The molecule has 4 rings (SSSR count). The summed E-state index contributed by atoms with van der Waals surface area (Å²) >= 11 is 12.3. The van der Waals surface area contributed by atoms with Crippen LogP contribution in [0.2, 0.25) is 10.0 Å². The average Bonchev–Trinajstić information content (AvgIpc) is 2.99. The SMILES string of the molecule is Cc1ccc(C2=C(N(C)c3ccccc3)C(=O)N(c3cc(Cl)cc(Cl)c3)C2=O)cc1C. The molecule has 0 atom stereocenters. The van der Waals surface area contributed by atoms with Crippen molar-refractivity contribution >= 4 is 52.0 Å². The van der Waals surface area contributed by atoms with Crippen LogP contribution in [0.25, 0.3) is 5.57 Å². The quantitative estimate of drug-likeness (QED) is 0.455. The van der Waals surface area contributed by atoms with E-state index in [9.17, 15) is 9.59 Å². The number of benzene rings is 3. The Morgan fingerprint density at radius 2 is 1.42 bits per heavy atom. The summed E-state index contributed by atoms with van der Waals surface area (Å²) in [5.74, 6) is -0.840. The molecule has 1 aliphatic rings. The maximum Gasteiger partial charge on any atom is 0.282 e. The van der Waals surface area contributed by atoms with Crippen LogP contribution in [0.5, 0.6) is 0 Å². The molecule has 0 saturated heterocycles. The van der Waals surface area contributed by atoms with Gasteiger partial charge >= 0.3 is 0 Å². The van der Waals surface area contributed by atoms with Crippen molar-refractivity contribution < 1.29 is 9.59 Å². The second kappa shape index (κ2) is 8.22. The number of halogens is 2. The summed E-state index contributed by atoms with van der Waals surface area (Å²) in [6, 6.07) is 19.9. The molecular formula is C25H20Cl2N2O2. The van der Waals surface area contributed by atoms with Crippen LogP contribution in [0.4, 0.5) is 11.4 Å². The fourth-order valence-electron chi connectivity index (χ4n) is 3.67. The predicted molar refractivity (Wildman–Crippen MR) is 127 cm³/mol. The molecular weight excluding hydrogens is 431 g/mol. The standard InChI is InChI=1S/C25H20Cl2N2O2/c1-15-9-10-17(11-16(15)2)22-23(28(3)20-7-5-4-6-8-20)25(31)29(24(22)30)21-13-18(26)12-19(27)14-21/h4-14H,1-3H3. The van der Waals surface area contributed by atoms with E-state index in [1.165, 1.54) is 0 Å². The van der Waals surface area contributed by atoms with E-state index < -0.39 is 11.8 Å². The number of hydrogen-bond acceptors (Lipinski definition) is 3. The van der Waals surface area contributed by atoms with Crippen molar-refractivity contribution in [3.63, 3.8) is 0 Å². The summed E-state index contributed by atoms with van der Waals surface area (Å²) in [6.45, 7) is 3.99. The van der Waals surface area contributed by atoms with Gasteiger partial charge in [0.1, 0.15) is 5.70 Å². The lowest BCUT2D eigenvalue weighted by atomic mass is 9.99. The molecule has 156 valence electrons. The van der Waals surface area contributed by atoms with Crippen LogP contribution in [0, 0.1) is 13.8 Å². The Bertz CT molecular complexity index is 1220. The first-order valence-corrected chi connectivity index (χ1v) is 10.5. The van der Waals surface area contributed by atoms with E-state index in [4.69, 9.17) is 23.2 Å². The monoisotopic (exact) mass is 450 g/mol. The Morgan fingerprint density at radius 1 is 0.774 bits per heavy atom. The minimum atomic E-state index is -0.428. The fourth-order valence-corrected chi connectivity index (χ4v) is 4.18. The summed E-state index contributed by atoms with van der Waals surface area (Å²) < 4.78 is 0. The smallest absolute Gasteiger partial charge is 0.282 e. The van der Waals surface area contributed by atoms with E-state index in [1.54, 1.807) is 30.1 Å². The van der Waals surface area contributed by atoms with Crippen LogP contribution >= 0.6 is 23.2 Å². The van der Waals surface area contributed by atoms with Gasteiger partial charge in [0.15, 0.2) is 0 Å². The van der Waals surface area contributed by atoms with Crippen LogP contribution in [0.15, 0.2) is 72.4 Å². The summed E-state index contributed by atoms with van der Waals surface area (Å²) in [4.78, 5) is 30.1. The number of aryl methyl sites for hydroxylation is 2. The van der Waals surface area contributed by atoms with Gasteiger partial charge in [-0.25, -0.2) is 4.90 Å². The fraction of sp³-hybridized carbons (Fsp3) is 0.120. The maximum atomic E-state index is 13.6. The molecule has 0 saturated carbocycles. The topological polar surface area (TPSA) is 40.6 Å². The van der Waals surface area contributed by atoms with E-state index in [0.717, 1.165) is 21.7 Å². The molecule has 0 N–H and O–H groups in total. The zero-order valence-electron chi connectivity index (χ0n) is 17.3. The minimum Gasteiger partial charge on any atom is -0.339 e. The highest BCUT2D eigenvalue weighted by atomic mass is 35.5. The van der Waals surface area contributed by atoms with E-state index in [-0.39, 0.29) is 0 Å². The number of hydrogen-bond donors (Lipinski definition) is 0. The molecule has 0 fully saturated rings.